The van der Waals surface area contributed by atoms with Crippen LogP contribution in [0.5, 0.6) is 11.6 Å². The number of pyridine rings is 1. The lowest BCUT2D eigenvalue weighted by molar-refractivity contribution is -0.140. The van der Waals surface area contributed by atoms with Crippen LogP contribution in [0.1, 0.15) is 35.7 Å². The quantitative estimate of drug-likeness (QED) is 0.661. The Morgan fingerprint density at radius 1 is 1.21 bits per heavy atom. The predicted molar refractivity (Wildman–Crippen MR) is 96.4 cm³/mol. The molecule has 0 bridgehead atoms. The van der Waals surface area contributed by atoms with E-state index in [1.54, 1.807) is 24.3 Å². The standard InChI is InChI=1S/C20H21F3N2O3/c1-2-3-11-27-15-8-6-14(7-9-15)19(26)25-12-16(13-25)28-18-17(20(21,22)23)5-4-10-24-18/h4-10,16H,2-3,11-13H2,1H3. The first-order valence-corrected chi connectivity index (χ1v) is 9.09. The van der Waals surface area contributed by atoms with Crippen LogP contribution < -0.4 is 9.47 Å². The minimum atomic E-state index is -4.54. The summed E-state index contributed by atoms with van der Waals surface area (Å²) >= 11 is 0. The van der Waals surface area contributed by atoms with E-state index in [0.29, 0.717) is 17.9 Å². The number of carbonyl (C=O) groups excluding carboxylic acids is 1. The van der Waals surface area contributed by atoms with Crippen LogP contribution in [-0.2, 0) is 6.18 Å². The molecule has 28 heavy (non-hydrogen) atoms. The molecule has 0 saturated carbocycles. The minimum absolute atomic E-state index is 0.197. The zero-order valence-electron chi connectivity index (χ0n) is 15.4. The molecular weight excluding hydrogens is 373 g/mol. The zero-order chi connectivity index (χ0) is 20.1. The highest BCUT2D eigenvalue weighted by molar-refractivity contribution is 5.94. The number of halogens is 3. The van der Waals surface area contributed by atoms with Crippen molar-refractivity contribution >= 4 is 5.91 Å². The number of aromatic nitrogens is 1. The highest BCUT2D eigenvalue weighted by Crippen LogP contribution is 2.35. The monoisotopic (exact) mass is 394 g/mol. The second-order valence-corrected chi connectivity index (χ2v) is 6.53. The van der Waals surface area contributed by atoms with Gasteiger partial charge in [0.25, 0.3) is 5.91 Å². The van der Waals surface area contributed by atoms with Gasteiger partial charge in [-0.1, -0.05) is 13.3 Å². The Morgan fingerprint density at radius 2 is 1.93 bits per heavy atom. The molecule has 1 aliphatic rings. The smallest absolute Gasteiger partial charge is 0.421 e. The molecule has 0 radical (unpaired) electrons. The van der Waals surface area contributed by atoms with E-state index in [2.05, 4.69) is 11.9 Å². The summed E-state index contributed by atoms with van der Waals surface area (Å²) < 4.78 is 49.9. The Kier molecular flexibility index (Phi) is 6.06. The third-order valence-corrected chi connectivity index (χ3v) is 4.36. The minimum Gasteiger partial charge on any atom is -0.494 e. The Bertz CT molecular complexity index is 803. The van der Waals surface area contributed by atoms with Crippen LogP contribution in [0.15, 0.2) is 42.6 Å². The first-order valence-electron chi connectivity index (χ1n) is 9.09. The van der Waals surface area contributed by atoms with Crippen molar-refractivity contribution in [3.8, 4) is 11.6 Å². The van der Waals surface area contributed by atoms with Crippen molar-refractivity contribution in [3.63, 3.8) is 0 Å². The van der Waals surface area contributed by atoms with Gasteiger partial charge < -0.3 is 14.4 Å². The number of likely N-dealkylation sites (tertiary alicyclic amines) is 1. The maximum atomic E-state index is 13.0. The summed E-state index contributed by atoms with van der Waals surface area (Å²) in [7, 11) is 0. The summed E-state index contributed by atoms with van der Waals surface area (Å²) in [6.07, 6.45) is -1.81. The Balaban J connectivity index is 1.53. The largest absolute Gasteiger partial charge is 0.494 e. The van der Waals surface area contributed by atoms with E-state index in [-0.39, 0.29) is 19.0 Å². The highest BCUT2D eigenvalue weighted by atomic mass is 19.4. The average Bonchev–Trinajstić information content (AvgIpc) is 2.64. The third kappa shape index (κ3) is 4.74. The number of nitrogens with zero attached hydrogens (tertiary/aromatic N) is 2. The molecule has 2 heterocycles. The lowest BCUT2D eigenvalue weighted by Gasteiger charge is -2.39. The summed E-state index contributed by atoms with van der Waals surface area (Å²) in [6.45, 7) is 3.12. The first-order chi connectivity index (χ1) is 13.4. The molecule has 1 aliphatic heterocycles. The lowest BCUT2D eigenvalue weighted by Crippen LogP contribution is -2.56. The molecule has 2 aromatic rings. The van der Waals surface area contributed by atoms with Crippen molar-refractivity contribution in [1.29, 1.82) is 0 Å². The second-order valence-electron chi connectivity index (χ2n) is 6.53. The average molecular weight is 394 g/mol. The topological polar surface area (TPSA) is 51.7 Å². The maximum Gasteiger partial charge on any atom is 0.421 e. The van der Waals surface area contributed by atoms with Gasteiger partial charge in [-0.25, -0.2) is 4.98 Å². The van der Waals surface area contributed by atoms with Gasteiger partial charge in [-0.2, -0.15) is 13.2 Å². The molecule has 1 aromatic carbocycles. The number of unbranched alkanes of at least 4 members (excludes halogenated alkanes) is 1. The predicted octanol–water partition coefficient (Wildman–Crippen LogP) is 4.18. The molecule has 1 amide bonds. The summed E-state index contributed by atoms with van der Waals surface area (Å²) in [5.74, 6) is 0.0438. The van der Waals surface area contributed by atoms with Gasteiger partial charge in [0.05, 0.1) is 19.7 Å². The summed E-state index contributed by atoms with van der Waals surface area (Å²) in [4.78, 5) is 17.7. The van der Waals surface area contributed by atoms with Crippen molar-refractivity contribution in [2.75, 3.05) is 19.7 Å². The van der Waals surface area contributed by atoms with Crippen LogP contribution in [-0.4, -0.2) is 41.6 Å². The fourth-order valence-corrected chi connectivity index (χ4v) is 2.75. The van der Waals surface area contributed by atoms with Gasteiger partial charge in [-0.15, -0.1) is 0 Å². The van der Waals surface area contributed by atoms with Crippen molar-refractivity contribution in [2.24, 2.45) is 0 Å². The molecule has 0 N–H and O–H groups in total. The molecule has 8 heteroatoms. The Labute approximate surface area is 161 Å². The molecule has 1 saturated heterocycles. The van der Waals surface area contributed by atoms with E-state index >= 15 is 0 Å². The molecule has 1 fully saturated rings. The number of hydrogen-bond acceptors (Lipinski definition) is 4. The van der Waals surface area contributed by atoms with Crippen molar-refractivity contribution in [1.82, 2.24) is 9.88 Å². The number of alkyl halides is 3. The number of rotatable bonds is 7. The fourth-order valence-electron chi connectivity index (χ4n) is 2.75. The van der Waals surface area contributed by atoms with Gasteiger partial charge in [-0.05, 0) is 42.8 Å². The van der Waals surface area contributed by atoms with Gasteiger partial charge in [-0.3, -0.25) is 4.79 Å². The summed E-state index contributed by atoms with van der Waals surface area (Å²) in [6, 6.07) is 8.97. The molecular formula is C20H21F3N2O3. The first kappa shape index (κ1) is 20.0. The zero-order valence-corrected chi connectivity index (χ0v) is 15.4. The van der Waals surface area contributed by atoms with E-state index < -0.39 is 23.7 Å². The molecule has 0 aliphatic carbocycles. The Morgan fingerprint density at radius 3 is 2.57 bits per heavy atom. The lowest BCUT2D eigenvalue weighted by atomic mass is 10.1. The molecule has 150 valence electrons. The number of benzene rings is 1. The van der Waals surface area contributed by atoms with E-state index in [9.17, 15) is 18.0 Å². The third-order valence-electron chi connectivity index (χ3n) is 4.36. The van der Waals surface area contributed by atoms with E-state index in [4.69, 9.17) is 9.47 Å². The Hall–Kier alpha value is -2.77. The van der Waals surface area contributed by atoms with Crippen LogP contribution in [0, 0.1) is 0 Å². The van der Waals surface area contributed by atoms with E-state index in [1.165, 1.54) is 17.2 Å². The molecule has 0 unspecified atom stereocenters. The van der Waals surface area contributed by atoms with Crippen LogP contribution >= 0.6 is 0 Å². The van der Waals surface area contributed by atoms with Crippen molar-refractivity contribution < 1.29 is 27.4 Å². The van der Waals surface area contributed by atoms with Gasteiger partial charge in [0, 0.05) is 11.8 Å². The highest BCUT2D eigenvalue weighted by Gasteiger charge is 2.38. The molecule has 1 aromatic heterocycles. The van der Waals surface area contributed by atoms with E-state index in [0.717, 1.165) is 18.9 Å². The number of hydrogen-bond donors (Lipinski definition) is 0. The van der Waals surface area contributed by atoms with Crippen LogP contribution in [0.25, 0.3) is 0 Å². The van der Waals surface area contributed by atoms with Gasteiger partial charge in [0.1, 0.15) is 17.4 Å². The molecule has 0 atom stereocenters. The van der Waals surface area contributed by atoms with Crippen molar-refractivity contribution in [2.45, 2.75) is 32.0 Å². The molecule has 5 nitrogen and oxygen atoms in total. The summed E-state index contributed by atoms with van der Waals surface area (Å²) in [5.41, 5.74) is -0.423. The molecule has 0 spiro atoms. The summed E-state index contributed by atoms with van der Waals surface area (Å²) in [5, 5.41) is 0. The SMILES string of the molecule is CCCCOc1ccc(C(=O)N2CC(Oc3ncccc3C(F)(F)F)C2)cc1. The fraction of sp³-hybridized carbons (Fsp3) is 0.400. The van der Waals surface area contributed by atoms with Crippen LogP contribution in [0.2, 0.25) is 0 Å². The van der Waals surface area contributed by atoms with Crippen LogP contribution in [0.3, 0.4) is 0 Å². The van der Waals surface area contributed by atoms with Gasteiger partial charge >= 0.3 is 6.18 Å². The normalized spacial score (nSPS) is 14.5. The maximum absolute atomic E-state index is 13.0. The number of carbonyl (C=O) groups is 1. The van der Waals surface area contributed by atoms with Crippen LogP contribution in [0.4, 0.5) is 13.2 Å². The number of amides is 1. The van der Waals surface area contributed by atoms with Gasteiger partial charge in [0.15, 0.2) is 0 Å². The number of ether oxygens (including phenoxy) is 2. The van der Waals surface area contributed by atoms with E-state index in [1.807, 2.05) is 0 Å². The van der Waals surface area contributed by atoms with Crippen molar-refractivity contribution in [3.05, 3.63) is 53.7 Å². The van der Waals surface area contributed by atoms with Gasteiger partial charge in [0.2, 0.25) is 5.88 Å². The second kappa shape index (κ2) is 8.50. The molecule has 3 rings (SSSR count).